The van der Waals surface area contributed by atoms with Gasteiger partial charge in [0.1, 0.15) is 30.3 Å². The number of likely N-dealkylation sites (tertiary alicyclic amines) is 2. The van der Waals surface area contributed by atoms with Crippen molar-refractivity contribution < 1.29 is 38.5 Å². The van der Waals surface area contributed by atoms with Gasteiger partial charge in [0.2, 0.25) is 11.8 Å². The number of hydrogen-bond acceptors (Lipinski definition) is 10. The number of carbonyl (C=O) groups is 4. The smallest absolute Gasteiger partial charge is 0.407 e. The fraction of sp³-hybridized carbons (Fsp3) is 0.467. The lowest BCUT2D eigenvalue weighted by molar-refractivity contribution is -0.137. The number of nitrogens with one attached hydrogen (secondary N) is 3. The Morgan fingerprint density at radius 2 is 1.60 bits per heavy atom. The maximum atomic E-state index is 13.9. The molecule has 0 bridgehead atoms. The van der Waals surface area contributed by atoms with Gasteiger partial charge in [-0.25, -0.2) is 14.6 Å². The van der Waals surface area contributed by atoms with Crippen LogP contribution < -0.4 is 15.4 Å². The molecule has 4 N–H and O–H groups in total. The zero-order chi connectivity index (χ0) is 42.2. The minimum Gasteiger partial charge on any atom is -0.488 e. The summed E-state index contributed by atoms with van der Waals surface area (Å²) in [5.74, 6) is 0.911. The molecule has 5 heterocycles. The number of alkyl carbamates (subject to hydrolysis) is 2. The molecule has 15 heteroatoms. The number of aromatic nitrogens is 2. The lowest BCUT2D eigenvalue weighted by Gasteiger charge is -2.31. The molecule has 6 atom stereocenters. The van der Waals surface area contributed by atoms with E-state index >= 15 is 0 Å². The number of rotatable bonds is 11. The van der Waals surface area contributed by atoms with Crippen molar-refractivity contribution in [2.24, 2.45) is 10.9 Å². The third-order valence-electron chi connectivity index (χ3n) is 12.8. The molecular formula is C45H53N7O8. The van der Waals surface area contributed by atoms with Gasteiger partial charge in [-0.3, -0.25) is 14.6 Å². The van der Waals surface area contributed by atoms with Crippen molar-refractivity contribution in [3.05, 3.63) is 65.6 Å². The van der Waals surface area contributed by atoms with Gasteiger partial charge in [-0.2, -0.15) is 0 Å². The first-order valence-corrected chi connectivity index (χ1v) is 21.0. The van der Waals surface area contributed by atoms with Crippen molar-refractivity contribution >= 4 is 46.2 Å². The number of methoxy groups -OCH3 is 2. The predicted octanol–water partition coefficient (Wildman–Crippen LogP) is 6.34. The van der Waals surface area contributed by atoms with Crippen LogP contribution in [0.5, 0.6) is 5.75 Å². The number of aromatic amines is 1. The molecule has 3 aromatic carbocycles. The summed E-state index contributed by atoms with van der Waals surface area (Å²) in [6, 6.07) is 12.5. The fourth-order valence-electron chi connectivity index (χ4n) is 9.20. The Kier molecular flexibility index (Phi) is 11.5. The van der Waals surface area contributed by atoms with E-state index in [0.717, 1.165) is 87.1 Å². The Bertz CT molecular complexity index is 2360. The van der Waals surface area contributed by atoms with Gasteiger partial charge in [-0.1, -0.05) is 45.4 Å². The van der Waals surface area contributed by atoms with Crippen molar-refractivity contribution in [3.63, 3.8) is 0 Å². The van der Waals surface area contributed by atoms with Crippen LogP contribution in [0.1, 0.15) is 82.3 Å². The van der Waals surface area contributed by atoms with Gasteiger partial charge in [-0.05, 0) is 95.3 Å². The largest absolute Gasteiger partial charge is 0.488 e. The van der Waals surface area contributed by atoms with Gasteiger partial charge in [0.25, 0.3) is 0 Å². The zero-order valence-corrected chi connectivity index (χ0v) is 34.7. The number of nitrogens with zero attached hydrogens (tertiary/aromatic N) is 4. The van der Waals surface area contributed by atoms with E-state index < -0.39 is 30.4 Å². The summed E-state index contributed by atoms with van der Waals surface area (Å²) in [4.78, 5) is 68.6. The molecule has 2 saturated heterocycles. The Morgan fingerprint density at radius 1 is 0.900 bits per heavy atom. The zero-order valence-electron chi connectivity index (χ0n) is 34.7. The minimum atomic E-state index is -1.13. The quantitative estimate of drug-likeness (QED) is 0.134. The van der Waals surface area contributed by atoms with E-state index in [0.29, 0.717) is 38.4 Å². The molecule has 4 aliphatic rings. The Morgan fingerprint density at radius 3 is 2.32 bits per heavy atom. The number of carbonyl (C=O) groups excluding carboxylic acids is 4. The van der Waals surface area contributed by atoms with E-state index in [2.05, 4.69) is 58.1 Å². The molecule has 60 heavy (non-hydrogen) atoms. The molecule has 8 rings (SSSR count). The molecule has 2 fully saturated rings. The Hall–Kier alpha value is -5.96. The summed E-state index contributed by atoms with van der Waals surface area (Å²) in [6.45, 7) is 7.20. The SMILES string of the molecule is CC[C@H](C)[C@H](NC(=O)OC)C(=O)N1CCC[C@H]1C1=Nc2ccc3cc4c(cc3c2C1)OCc1cc(-c2cnc([C@@H]3CCCN3C(=O)[C@@H](NC(=O)OC)[C@@H](O)CC)[nH]2)ccc1-4. The van der Waals surface area contributed by atoms with Crippen LogP contribution in [-0.2, 0) is 32.1 Å². The Labute approximate surface area is 348 Å². The van der Waals surface area contributed by atoms with Crippen molar-refractivity contribution in [2.75, 3.05) is 27.3 Å². The summed E-state index contributed by atoms with van der Waals surface area (Å²) >= 11 is 0. The van der Waals surface area contributed by atoms with Crippen LogP contribution in [-0.4, -0.2) is 106 Å². The highest BCUT2D eigenvalue weighted by Gasteiger charge is 2.41. The number of H-pyrrole nitrogens is 1. The van der Waals surface area contributed by atoms with E-state index in [4.69, 9.17) is 24.2 Å². The van der Waals surface area contributed by atoms with Gasteiger partial charge >= 0.3 is 12.2 Å². The lowest BCUT2D eigenvalue weighted by atomic mass is 9.90. The molecule has 316 valence electrons. The predicted molar refractivity (Wildman–Crippen MR) is 225 cm³/mol. The van der Waals surface area contributed by atoms with Crippen LogP contribution in [0.4, 0.5) is 15.3 Å². The second kappa shape index (κ2) is 17.0. The Balaban J connectivity index is 0.997. The fourth-order valence-corrected chi connectivity index (χ4v) is 9.20. The summed E-state index contributed by atoms with van der Waals surface area (Å²) in [6.07, 6.45) is 4.11. The van der Waals surface area contributed by atoms with Crippen LogP contribution in [0.2, 0.25) is 0 Å². The van der Waals surface area contributed by atoms with Crippen molar-refractivity contribution in [2.45, 2.75) is 103 Å². The highest BCUT2D eigenvalue weighted by atomic mass is 16.5. The standard InChI is InChI=1S/C45H53N7O8/c1-6-24(3)39(49-44(56)58-4)42(54)51-16-8-10-35(51)33-20-30-29-21-38-31(19-25(29)13-15-32(30)47-33)28-14-12-26(18-27(28)23-60-38)34-22-46-41(48-34)36-11-9-17-52(36)43(55)40(37(53)7-2)50-45(57)59-5/h12-15,18-19,21-22,24,35-37,39-40,53H,6-11,16-17,20,23H2,1-5H3,(H,46,48)(H,49,56)(H,50,57)/t24-,35-,36-,37-,39-,40-/m0/s1. The van der Waals surface area contributed by atoms with Crippen LogP contribution in [0.15, 0.2) is 53.7 Å². The van der Waals surface area contributed by atoms with E-state index in [1.807, 2.05) is 18.7 Å². The van der Waals surface area contributed by atoms with Gasteiger partial charge in [0, 0.05) is 30.8 Å². The third kappa shape index (κ3) is 7.55. The van der Waals surface area contributed by atoms with Gasteiger partial charge < -0.3 is 44.7 Å². The van der Waals surface area contributed by atoms with Crippen LogP contribution in [0.3, 0.4) is 0 Å². The lowest BCUT2D eigenvalue weighted by Crippen LogP contribution is -2.54. The molecule has 0 aliphatic carbocycles. The molecule has 4 aliphatic heterocycles. The van der Waals surface area contributed by atoms with E-state index in [1.165, 1.54) is 14.2 Å². The molecule has 1 aromatic heterocycles. The van der Waals surface area contributed by atoms with E-state index in [1.54, 1.807) is 18.0 Å². The number of amides is 4. The van der Waals surface area contributed by atoms with E-state index in [9.17, 15) is 24.3 Å². The van der Waals surface area contributed by atoms with Gasteiger partial charge in [-0.15, -0.1) is 0 Å². The normalized spacial score (nSPS) is 19.9. The monoisotopic (exact) mass is 819 g/mol. The molecular weight excluding hydrogens is 767 g/mol. The number of aliphatic hydroxyl groups is 1. The number of hydrogen-bond donors (Lipinski definition) is 4. The number of fused-ring (bicyclic) bond motifs is 6. The first-order chi connectivity index (χ1) is 29.0. The summed E-state index contributed by atoms with van der Waals surface area (Å²) in [5, 5.41) is 18.0. The van der Waals surface area contributed by atoms with Gasteiger partial charge in [0.05, 0.1) is 50.0 Å². The molecule has 4 amide bonds. The van der Waals surface area contributed by atoms with Crippen molar-refractivity contribution in [1.82, 2.24) is 30.4 Å². The van der Waals surface area contributed by atoms with Crippen molar-refractivity contribution in [1.29, 1.82) is 0 Å². The number of ether oxygens (including phenoxy) is 3. The summed E-state index contributed by atoms with van der Waals surface area (Å²) in [7, 11) is 2.53. The summed E-state index contributed by atoms with van der Waals surface area (Å²) < 4.78 is 16.0. The molecule has 0 saturated carbocycles. The molecule has 0 radical (unpaired) electrons. The number of benzene rings is 3. The molecule has 15 nitrogen and oxygen atoms in total. The number of imidazole rings is 1. The average Bonchev–Trinajstić information content (AvgIpc) is 4.12. The van der Waals surface area contributed by atoms with Gasteiger partial charge in [0.15, 0.2) is 0 Å². The average molecular weight is 820 g/mol. The van der Waals surface area contributed by atoms with Crippen LogP contribution in [0.25, 0.3) is 33.2 Å². The molecule has 0 spiro atoms. The number of aliphatic imine (C=N–C) groups is 1. The molecule has 0 unspecified atom stereocenters. The van der Waals surface area contributed by atoms with Crippen LogP contribution >= 0.6 is 0 Å². The topological polar surface area (TPSA) is 188 Å². The maximum Gasteiger partial charge on any atom is 0.407 e. The first-order valence-electron chi connectivity index (χ1n) is 21.0. The second-order valence-corrected chi connectivity index (χ2v) is 16.2. The highest BCUT2D eigenvalue weighted by Crippen LogP contribution is 2.45. The van der Waals surface area contributed by atoms with E-state index in [-0.39, 0.29) is 36.2 Å². The summed E-state index contributed by atoms with van der Waals surface area (Å²) in [5.41, 5.74) is 7.85. The third-order valence-corrected chi connectivity index (χ3v) is 12.8. The minimum absolute atomic E-state index is 0.0573. The second-order valence-electron chi connectivity index (χ2n) is 16.2. The highest BCUT2D eigenvalue weighted by molar-refractivity contribution is 6.06. The van der Waals surface area contributed by atoms with Crippen LogP contribution in [0, 0.1) is 5.92 Å². The van der Waals surface area contributed by atoms with Crippen molar-refractivity contribution in [3.8, 4) is 28.1 Å². The first kappa shape index (κ1) is 40.8. The maximum absolute atomic E-state index is 13.9. The number of aliphatic hydroxyl groups excluding tert-OH is 1. The molecule has 4 aromatic rings.